The van der Waals surface area contributed by atoms with Crippen molar-refractivity contribution >= 4 is 237 Å². The molecule has 18 heteroatoms. The van der Waals surface area contributed by atoms with Crippen LogP contribution in [0.1, 0.15) is 158 Å². The third-order valence-electron chi connectivity index (χ3n) is 31.3. The van der Waals surface area contributed by atoms with Gasteiger partial charge < -0.3 is 55.9 Å². The van der Waals surface area contributed by atoms with Gasteiger partial charge in [0.05, 0.1) is 0 Å². The van der Waals surface area contributed by atoms with E-state index in [0.717, 1.165) is 130 Å². The van der Waals surface area contributed by atoms with E-state index in [0.29, 0.717) is 69.0 Å². The monoisotopic (exact) mass is 1870 g/mol. The fourth-order valence-electron chi connectivity index (χ4n) is 23.2. The molecule has 0 atom stereocenters. The largest absolute Gasteiger partial charge is 0.632 e. The van der Waals surface area contributed by atoms with Crippen molar-refractivity contribution < 1.29 is 55.9 Å². The zero-order valence-corrected chi connectivity index (χ0v) is 84.1. The van der Waals surface area contributed by atoms with Crippen LogP contribution in [-0.2, 0) is 32.5 Å². The Kier molecular flexibility index (Phi) is 18.1. The number of hydrogen-bond acceptors (Lipinski definition) is 12. The summed E-state index contributed by atoms with van der Waals surface area (Å²) in [6.07, 6.45) is 0. The van der Waals surface area contributed by atoms with E-state index in [1.807, 2.05) is 0 Å². The normalized spacial score (nSPS) is 14.6. The molecule has 0 aliphatic carbocycles. The van der Waals surface area contributed by atoms with Crippen molar-refractivity contribution in [2.75, 3.05) is 0 Å². The topological polar surface area (TPSA) is 111 Å². The van der Waals surface area contributed by atoms with Crippen LogP contribution in [0.25, 0.3) is 162 Å². The van der Waals surface area contributed by atoms with Gasteiger partial charge in [-0.15, -0.1) is 0 Å². The Hall–Kier alpha value is -15.3. The van der Waals surface area contributed by atoms with E-state index < -0.39 is 42.7 Å². The summed E-state index contributed by atoms with van der Waals surface area (Å²) in [5.41, 5.74) is 13.8. The molecule has 0 saturated carbocycles. The molecule has 6 heterocycles. The van der Waals surface area contributed by atoms with Gasteiger partial charge in [0, 0.05) is 32.8 Å². The van der Waals surface area contributed by atoms with E-state index in [-0.39, 0.29) is 32.5 Å². The molecule has 6 aliphatic rings. The summed E-state index contributed by atoms with van der Waals surface area (Å²) in [5.74, 6) is 8.24. The average molecular weight is 1870 g/mol. The predicted octanol–water partition coefficient (Wildman–Crippen LogP) is 27.8. The van der Waals surface area contributed by atoms with E-state index >= 15 is 0 Å². The van der Waals surface area contributed by atoms with Gasteiger partial charge in [-0.1, -0.05) is 343 Å². The highest BCUT2D eigenvalue weighted by Gasteiger charge is 2.44. The molecule has 29 rings (SSSR count). The van der Waals surface area contributed by atoms with Crippen LogP contribution in [0.2, 0.25) is 0 Å². The van der Waals surface area contributed by atoms with E-state index in [2.05, 4.69) is 416 Å². The Balaban J connectivity index is 0.000000153. The van der Waals surface area contributed by atoms with Crippen LogP contribution in [0.5, 0.6) is 69.0 Å². The summed E-state index contributed by atoms with van der Waals surface area (Å²) in [7, 11) is -3.64. The summed E-state index contributed by atoms with van der Waals surface area (Å²) in [6, 6.07) is 106. The third-order valence-corrected chi connectivity index (χ3v) is 31.3. The molecule has 0 radical (unpaired) electrons. The van der Waals surface area contributed by atoms with E-state index in [1.54, 1.807) is 0 Å². The van der Waals surface area contributed by atoms with E-state index in [4.69, 9.17) is 55.9 Å². The maximum absolute atomic E-state index is 6.92. The Morgan fingerprint density at radius 2 is 0.243 bits per heavy atom. The van der Waals surface area contributed by atoms with E-state index in [9.17, 15) is 0 Å². The molecule has 0 unspecified atom stereocenters. The van der Waals surface area contributed by atoms with Crippen molar-refractivity contribution in [1.82, 2.24) is 0 Å². The Morgan fingerprint density at radius 1 is 0.125 bits per heavy atom. The van der Waals surface area contributed by atoms with Crippen molar-refractivity contribution in [2.24, 2.45) is 0 Å². The standard InChI is InChI=1S/C78H57B3O6.C48H45B3O6/c1-76(2,3)52-22-40-10-16-46-28-55(29-47-17-11-41(23-52)70(40)73(46)47)79-82-64-34-58-59(35-65(64)83-79)61-37-67-69(87-81(85-67)57-32-50-20-14-44-26-54(78(7,8)9)27-45-15-21-51(33-57)75(50)72(44)45)39-63(61)62-38-68-66(36-60(58)62)84-80(86-68)56-30-48-18-12-42-24-53(77(4,5)6)25-43-13-19-49(31-56)74(48)71(42)43;1-46(2,3)28-10-16-31(17-11-28)49-52-40-22-34-35(23-41(40)53-49)37-25-43-45(57-51(55-43)33-20-14-30(15-21-33)48(7,8)9)27-39(37)38-26-44-42(24-36(34)38)54-50(56-44)32-18-12-29(13-19-32)47(4,5)6/h10-39H,1-9H3;10-27H,1-9H3. The van der Waals surface area contributed by atoms with Gasteiger partial charge >= 0.3 is 42.7 Å². The molecule has 12 nitrogen and oxygen atoms in total. The van der Waals surface area contributed by atoms with Gasteiger partial charge in [-0.2, -0.15) is 0 Å². The quantitative estimate of drug-likeness (QED) is 0.117. The molecule has 0 spiro atoms. The zero-order valence-electron chi connectivity index (χ0n) is 84.1. The number of rotatable bonds is 6. The minimum Gasteiger partial charge on any atom is -0.519 e. The second-order valence-electron chi connectivity index (χ2n) is 47.2. The molecule has 23 aromatic rings. The number of fused-ring (bicyclic) bond motifs is 18. The fraction of sp³-hybridized carbons (Fsp3) is 0.190. The van der Waals surface area contributed by atoms with Crippen molar-refractivity contribution in [3.8, 4) is 69.0 Å². The van der Waals surface area contributed by atoms with Gasteiger partial charge in [-0.05, 0) is 300 Å². The van der Waals surface area contributed by atoms with Crippen molar-refractivity contribution in [3.05, 3.63) is 325 Å². The maximum Gasteiger partial charge on any atom is 0.632 e. The molecule has 23 aromatic carbocycles. The molecule has 0 amide bonds. The first-order valence-electron chi connectivity index (χ1n) is 50.5. The van der Waals surface area contributed by atoms with Gasteiger partial charge in [0.25, 0.3) is 0 Å². The minimum absolute atomic E-state index is 0.0420. The SMILES string of the molecule is CC(C)(C)c1cc2ccc3cc(B4Oc5cc6c7cc8c(cc7c7cc9c(cc7c6cc5O4)OB(c4cc5ccc6cc(C(C)(C)C)cc7ccc(c4)c5c67)O9)OB(c4cc5ccc6cc(C(C)(C)C)cc7ccc(c4)c5c67)O8)cc4ccc(c1)c2c34.CC(C)(C)c1ccc(B2Oc3cc4c5cc6c(cc5c5cc7c(cc5c4cc3O2)OB(c2ccc(C(C)(C)C)cc2)O7)OB(c2ccc(C(C)(C)C)cc2)O6)cc1. The molecular weight excluding hydrogens is 1770 g/mol. The van der Waals surface area contributed by atoms with Crippen LogP contribution in [0.15, 0.2) is 291 Å². The highest BCUT2D eigenvalue weighted by molar-refractivity contribution is 6.67. The zero-order chi connectivity index (χ0) is 98.1. The molecule has 696 valence electrons. The molecule has 0 fully saturated rings. The minimum atomic E-state index is -0.660. The summed E-state index contributed by atoms with van der Waals surface area (Å²) in [6.45, 7) is 40.5. The lowest BCUT2D eigenvalue weighted by Gasteiger charge is -2.21. The van der Waals surface area contributed by atoms with E-state index in [1.165, 1.54) is 98.0 Å². The van der Waals surface area contributed by atoms with Crippen molar-refractivity contribution in [3.63, 3.8) is 0 Å². The van der Waals surface area contributed by atoms with Crippen LogP contribution in [0.3, 0.4) is 0 Å². The van der Waals surface area contributed by atoms with Crippen molar-refractivity contribution in [1.29, 1.82) is 0 Å². The fourth-order valence-corrected chi connectivity index (χ4v) is 23.2. The first-order chi connectivity index (χ1) is 68.9. The maximum atomic E-state index is 6.92. The first-order valence-corrected chi connectivity index (χ1v) is 50.5. The van der Waals surface area contributed by atoms with Crippen LogP contribution >= 0.6 is 0 Å². The van der Waals surface area contributed by atoms with Gasteiger partial charge in [0.2, 0.25) is 0 Å². The van der Waals surface area contributed by atoms with Gasteiger partial charge in [0.1, 0.15) is 69.0 Å². The molecule has 0 aromatic heterocycles. The second kappa shape index (κ2) is 30.2. The Labute approximate surface area is 837 Å². The Morgan fingerprint density at radius 3 is 0.368 bits per heavy atom. The summed E-state index contributed by atoms with van der Waals surface area (Å²) < 4.78 is 80.7. The average Bonchev–Trinajstić information content (AvgIpc) is 1.52. The second-order valence-corrected chi connectivity index (χ2v) is 47.2. The lowest BCUT2D eigenvalue weighted by atomic mass is 9.76. The van der Waals surface area contributed by atoms with Crippen molar-refractivity contribution in [2.45, 2.75) is 157 Å². The van der Waals surface area contributed by atoms with Crippen LogP contribution in [-0.4, -0.2) is 42.7 Å². The highest BCUT2D eigenvalue weighted by atomic mass is 16.7. The molecule has 144 heavy (non-hydrogen) atoms. The predicted molar refractivity (Wildman–Crippen MR) is 600 cm³/mol. The first kappa shape index (κ1) is 86.6. The molecule has 0 saturated heterocycles. The smallest absolute Gasteiger partial charge is 0.519 e. The lowest BCUT2D eigenvalue weighted by Crippen LogP contribution is -2.39. The molecule has 0 N–H and O–H groups in total. The molecule has 6 aliphatic heterocycles. The molecule has 0 bridgehead atoms. The van der Waals surface area contributed by atoms with Gasteiger partial charge in [0.15, 0.2) is 0 Å². The summed E-state index contributed by atoms with van der Waals surface area (Å²) in [4.78, 5) is 0. The van der Waals surface area contributed by atoms with Crippen LogP contribution in [0, 0.1) is 0 Å². The number of hydrogen-bond donors (Lipinski definition) is 0. The highest BCUT2D eigenvalue weighted by Crippen LogP contribution is 2.55. The van der Waals surface area contributed by atoms with Crippen LogP contribution in [0.4, 0.5) is 0 Å². The third kappa shape index (κ3) is 13.8. The lowest BCUT2D eigenvalue weighted by molar-refractivity contribution is 0.518. The molecular formula is C126H102B6O12. The van der Waals surface area contributed by atoms with Gasteiger partial charge in [-0.25, -0.2) is 0 Å². The summed E-state index contributed by atoms with van der Waals surface area (Å²) in [5, 5.41) is 34.2. The van der Waals surface area contributed by atoms with Gasteiger partial charge in [-0.3, -0.25) is 0 Å². The Bertz CT molecular complexity index is 8190. The summed E-state index contributed by atoms with van der Waals surface area (Å²) >= 11 is 0. The van der Waals surface area contributed by atoms with Crippen LogP contribution < -0.4 is 88.6 Å². The number of benzene rings is 23.